The Balaban J connectivity index is 1.99. The first-order chi connectivity index (χ1) is 10.1. The molecule has 1 aliphatic rings. The lowest BCUT2D eigenvalue weighted by atomic mass is 9.78. The van der Waals surface area contributed by atoms with Crippen LogP contribution in [-0.2, 0) is 0 Å². The monoisotopic (exact) mass is 288 g/mol. The summed E-state index contributed by atoms with van der Waals surface area (Å²) in [7, 11) is 0. The predicted octanol–water partition coefficient (Wildman–Crippen LogP) is 4.06. The highest BCUT2D eigenvalue weighted by atomic mass is 16.1. The molecule has 0 saturated heterocycles. The minimum Gasteiger partial charge on any atom is -0.385 e. The van der Waals surface area contributed by atoms with Gasteiger partial charge < -0.3 is 10.6 Å². The van der Waals surface area contributed by atoms with Crippen LogP contribution in [0.1, 0.15) is 56.8 Å². The van der Waals surface area contributed by atoms with Crippen LogP contribution in [0.25, 0.3) is 0 Å². The standard InChI is InChI=1S/C18H28N2O/c1-4-19-15-11-9-14(10-12-15)18(21)20-17-8-6-5-7-16(17)13(2)3/h9-13,16-17,19H,4-8H2,1-3H3,(H,20,21). The van der Waals surface area contributed by atoms with Crippen molar-refractivity contribution in [2.45, 2.75) is 52.5 Å². The van der Waals surface area contributed by atoms with Crippen molar-refractivity contribution >= 4 is 11.6 Å². The largest absolute Gasteiger partial charge is 0.385 e. The fraction of sp³-hybridized carbons (Fsp3) is 0.611. The number of amides is 1. The number of carbonyl (C=O) groups excluding carboxylic acids is 1. The minimum atomic E-state index is 0.0654. The summed E-state index contributed by atoms with van der Waals surface area (Å²) in [6.07, 6.45) is 4.88. The summed E-state index contributed by atoms with van der Waals surface area (Å²) < 4.78 is 0. The Morgan fingerprint density at radius 2 is 1.86 bits per heavy atom. The Bertz CT molecular complexity index is 453. The Labute approximate surface area is 128 Å². The van der Waals surface area contributed by atoms with Gasteiger partial charge in [-0.25, -0.2) is 0 Å². The fourth-order valence-electron chi connectivity index (χ4n) is 3.33. The Morgan fingerprint density at radius 3 is 2.48 bits per heavy atom. The Kier molecular flexibility index (Phi) is 5.66. The van der Waals surface area contributed by atoms with E-state index in [1.165, 1.54) is 19.3 Å². The van der Waals surface area contributed by atoms with Gasteiger partial charge in [0.2, 0.25) is 0 Å². The van der Waals surface area contributed by atoms with Gasteiger partial charge >= 0.3 is 0 Å². The second kappa shape index (κ2) is 7.48. The third kappa shape index (κ3) is 4.23. The van der Waals surface area contributed by atoms with Crippen LogP contribution in [0.15, 0.2) is 24.3 Å². The van der Waals surface area contributed by atoms with E-state index < -0.39 is 0 Å². The topological polar surface area (TPSA) is 41.1 Å². The van der Waals surface area contributed by atoms with Crippen molar-refractivity contribution in [2.24, 2.45) is 11.8 Å². The molecule has 0 radical (unpaired) electrons. The fourth-order valence-corrected chi connectivity index (χ4v) is 3.33. The van der Waals surface area contributed by atoms with Gasteiger partial charge in [-0.15, -0.1) is 0 Å². The first-order valence-electron chi connectivity index (χ1n) is 8.26. The van der Waals surface area contributed by atoms with E-state index in [4.69, 9.17) is 0 Å². The van der Waals surface area contributed by atoms with Gasteiger partial charge in [0.25, 0.3) is 5.91 Å². The lowest BCUT2D eigenvalue weighted by molar-refractivity contribution is 0.0889. The zero-order valence-corrected chi connectivity index (χ0v) is 13.5. The SMILES string of the molecule is CCNc1ccc(C(=O)NC2CCCCC2C(C)C)cc1. The molecule has 1 aliphatic carbocycles. The molecule has 2 rings (SSSR count). The number of hydrogen-bond acceptors (Lipinski definition) is 2. The summed E-state index contributed by atoms with van der Waals surface area (Å²) in [5.74, 6) is 1.31. The second-order valence-corrected chi connectivity index (χ2v) is 6.38. The number of nitrogens with one attached hydrogen (secondary N) is 2. The number of benzene rings is 1. The normalized spacial score (nSPS) is 22.1. The molecule has 1 amide bonds. The quantitative estimate of drug-likeness (QED) is 0.857. The van der Waals surface area contributed by atoms with Crippen molar-refractivity contribution < 1.29 is 4.79 Å². The average Bonchev–Trinajstić information content (AvgIpc) is 2.48. The third-order valence-electron chi connectivity index (χ3n) is 4.52. The van der Waals surface area contributed by atoms with E-state index in [0.717, 1.165) is 24.2 Å². The molecule has 2 N–H and O–H groups in total. The van der Waals surface area contributed by atoms with E-state index in [0.29, 0.717) is 17.9 Å². The molecule has 116 valence electrons. The molecule has 0 bridgehead atoms. The molecule has 1 aromatic carbocycles. The van der Waals surface area contributed by atoms with Crippen molar-refractivity contribution in [3.8, 4) is 0 Å². The minimum absolute atomic E-state index is 0.0654. The van der Waals surface area contributed by atoms with Gasteiger partial charge in [-0.2, -0.15) is 0 Å². The van der Waals surface area contributed by atoms with Crippen molar-refractivity contribution in [1.29, 1.82) is 0 Å². The summed E-state index contributed by atoms with van der Waals surface area (Å²) in [4.78, 5) is 12.4. The van der Waals surface area contributed by atoms with E-state index >= 15 is 0 Å². The number of anilines is 1. The van der Waals surface area contributed by atoms with Crippen LogP contribution < -0.4 is 10.6 Å². The average molecular weight is 288 g/mol. The van der Waals surface area contributed by atoms with Crippen LogP contribution in [0.2, 0.25) is 0 Å². The molecule has 3 nitrogen and oxygen atoms in total. The summed E-state index contributed by atoms with van der Waals surface area (Å²) >= 11 is 0. The Hall–Kier alpha value is -1.51. The van der Waals surface area contributed by atoms with Gasteiger partial charge in [-0.3, -0.25) is 4.79 Å². The predicted molar refractivity (Wildman–Crippen MR) is 88.7 cm³/mol. The molecular formula is C18H28N2O. The maximum atomic E-state index is 12.4. The van der Waals surface area contributed by atoms with Crippen LogP contribution in [-0.4, -0.2) is 18.5 Å². The number of rotatable bonds is 5. The zero-order chi connectivity index (χ0) is 15.2. The maximum Gasteiger partial charge on any atom is 0.251 e. The van der Waals surface area contributed by atoms with Crippen LogP contribution in [0.3, 0.4) is 0 Å². The molecule has 1 aromatic rings. The first kappa shape index (κ1) is 15.9. The molecule has 1 fully saturated rings. The summed E-state index contributed by atoms with van der Waals surface area (Å²) in [5.41, 5.74) is 1.82. The van der Waals surface area contributed by atoms with E-state index in [1.807, 2.05) is 24.3 Å². The van der Waals surface area contributed by atoms with Gasteiger partial charge in [-0.05, 0) is 55.9 Å². The molecule has 2 unspecified atom stereocenters. The first-order valence-corrected chi connectivity index (χ1v) is 8.26. The van der Waals surface area contributed by atoms with Crippen molar-refractivity contribution in [2.75, 3.05) is 11.9 Å². The van der Waals surface area contributed by atoms with E-state index in [2.05, 4.69) is 31.4 Å². The van der Waals surface area contributed by atoms with Gasteiger partial charge in [0.15, 0.2) is 0 Å². The smallest absolute Gasteiger partial charge is 0.251 e. The van der Waals surface area contributed by atoms with Gasteiger partial charge in [0.05, 0.1) is 0 Å². The van der Waals surface area contributed by atoms with Gasteiger partial charge in [0, 0.05) is 23.8 Å². The maximum absolute atomic E-state index is 12.4. The van der Waals surface area contributed by atoms with Gasteiger partial charge in [-0.1, -0.05) is 26.7 Å². The van der Waals surface area contributed by atoms with Gasteiger partial charge in [0.1, 0.15) is 0 Å². The van der Waals surface area contributed by atoms with Crippen molar-refractivity contribution in [3.05, 3.63) is 29.8 Å². The number of carbonyl (C=O) groups is 1. The summed E-state index contributed by atoms with van der Waals surface area (Å²) in [5, 5.41) is 6.50. The highest BCUT2D eigenvalue weighted by molar-refractivity contribution is 5.94. The third-order valence-corrected chi connectivity index (χ3v) is 4.52. The molecule has 2 atom stereocenters. The van der Waals surface area contributed by atoms with Crippen molar-refractivity contribution in [1.82, 2.24) is 5.32 Å². The van der Waals surface area contributed by atoms with E-state index in [1.54, 1.807) is 0 Å². The molecule has 0 spiro atoms. The summed E-state index contributed by atoms with van der Waals surface area (Å²) in [6, 6.07) is 8.08. The molecular weight excluding hydrogens is 260 g/mol. The highest BCUT2D eigenvalue weighted by Gasteiger charge is 2.28. The second-order valence-electron chi connectivity index (χ2n) is 6.38. The molecule has 3 heteroatoms. The molecule has 0 heterocycles. The molecule has 0 aromatic heterocycles. The van der Waals surface area contributed by atoms with Crippen LogP contribution >= 0.6 is 0 Å². The van der Waals surface area contributed by atoms with Crippen LogP contribution in [0.4, 0.5) is 5.69 Å². The van der Waals surface area contributed by atoms with E-state index in [-0.39, 0.29) is 5.91 Å². The van der Waals surface area contributed by atoms with Crippen LogP contribution in [0.5, 0.6) is 0 Å². The Morgan fingerprint density at radius 1 is 1.19 bits per heavy atom. The lowest BCUT2D eigenvalue weighted by Gasteiger charge is -2.34. The van der Waals surface area contributed by atoms with E-state index in [9.17, 15) is 4.79 Å². The highest BCUT2D eigenvalue weighted by Crippen LogP contribution is 2.30. The zero-order valence-electron chi connectivity index (χ0n) is 13.5. The number of hydrogen-bond donors (Lipinski definition) is 2. The molecule has 1 saturated carbocycles. The lowest BCUT2D eigenvalue weighted by Crippen LogP contribution is -2.43. The molecule has 0 aliphatic heterocycles. The summed E-state index contributed by atoms with van der Waals surface area (Å²) in [6.45, 7) is 7.49. The molecule has 21 heavy (non-hydrogen) atoms. The van der Waals surface area contributed by atoms with Crippen molar-refractivity contribution in [3.63, 3.8) is 0 Å². The van der Waals surface area contributed by atoms with Crippen LogP contribution in [0, 0.1) is 11.8 Å².